The number of hydrogen-bond acceptors (Lipinski definition) is 3. The van der Waals surface area contributed by atoms with Crippen molar-refractivity contribution in [3.63, 3.8) is 0 Å². The number of nitriles is 1. The van der Waals surface area contributed by atoms with Gasteiger partial charge < -0.3 is 10.5 Å². The molecule has 0 radical (unpaired) electrons. The molecule has 5 heteroatoms. The average molecular weight is 240 g/mol. The van der Waals surface area contributed by atoms with Gasteiger partial charge in [-0.25, -0.2) is 8.78 Å². The molecule has 1 aromatic rings. The number of hydrogen-bond donors (Lipinski definition) is 1. The van der Waals surface area contributed by atoms with E-state index < -0.39 is 23.5 Å². The van der Waals surface area contributed by atoms with Crippen molar-refractivity contribution in [3.05, 3.63) is 29.3 Å². The third-order valence-electron chi connectivity index (χ3n) is 2.09. The predicted octanol–water partition coefficient (Wildman–Crippen LogP) is 2.15. The van der Waals surface area contributed by atoms with Crippen LogP contribution in [-0.2, 0) is 6.42 Å². The van der Waals surface area contributed by atoms with Crippen molar-refractivity contribution in [1.82, 2.24) is 0 Å². The normalized spacial score (nSPS) is 13.9. The first-order valence-electron chi connectivity index (χ1n) is 5.23. The average Bonchev–Trinajstić information content (AvgIpc) is 2.22. The summed E-state index contributed by atoms with van der Waals surface area (Å²) in [6.07, 6.45) is -0.527. The second-order valence-corrected chi connectivity index (χ2v) is 3.96. The molecule has 1 rings (SSSR count). The van der Waals surface area contributed by atoms with Crippen molar-refractivity contribution >= 4 is 0 Å². The number of nitrogens with zero attached hydrogens (tertiary/aromatic N) is 1. The van der Waals surface area contributed by atoms with Gasteiger partial charge in [0.15, 0.2) is 23.5 Å². The maximum absolute atomic E-state index is 13.5. The Kier molecular flexibility index (Phi) is 4.41. The van der Waals surface area contributed by atoms with Gasteiger partial charge in [0.1, 0.15) is 6.07 Å². The summed E-state index contributed by atoms with van der Waals surface area (Å²) in [4.78, 5) is 0. The van der Waals surface area contributed by atoms with E-state index in [1.807, 2.05) is 0 Å². The van der Waals surface area contributed by atoms with E-state index in [1.165, 1.54) is 19.1 Å². The van der Waals surface area contributed by atoms with Crippen LogP contribution < -0.4 is 10.5 Å². The van der Waals surface area contributed by atoms with Gasteiger partial charge in [-0.3, -0.25) is 0 Å². The highest BCUT2D eigenvalue weighted by molar-refractivity contribution is 5.32. The molecule has 0 saturated heterocycles. The molecular weight excluding hydrogens is 226 g/mol. The molecule has 0 saturated carbocycles. The van der Waals surface area contributed by atoms with Crippen LogP contribution in [0.25, 0.3) is 0 Å². The summed E-state index contributed by atoms with van der Waals surface area (Å²) >= 11 is 0. The van der Waals surface area contributed by atoms with Crippen LogP contribution in [0.15, 0.2) is 12.1 Å². The molecule has 0 aliphatic carbocycles. The lowest BCUT2D eigenvalue weighted by atomic mass is 10.1. The Hall–Kier alpha value is -1.67. The summed E-state index contributed by atoms with van der Waals surface area (Å²) < 4.78 is 31.9. The first kappa shape index (κ1) is 13.4. The molecule has 17 heavy (non-hydrogen) atoms. The van der Waals surface area contributed by atoms with Gasteiger partial charge in [0.2, 0.25) is 0 Å². The minimum Gasteiger partial charge on any atom is -0.470 e. The standard InChI is InChI=1S/C12H14F2N2O/c1-7(16)3-9-4-10(13)12(11(14)5-9)17-8(2)6-15/h4-5,7-8H,3,16H2,1-2H3. The Morgan fingerprint density at radius 3 is 2.29 bits per heavy atom. The van der Waals surface area contributed by atoms with Crippen LogP contribution in [0.5, 0.6) is 5.75 Å². The molecule has 1 aromatic carbocycles. The minimum atomic E-state index is -0.904. The maximum Gasteiger partial charge on any atom is 0.192 e. The maximum atomic E-state index is 13.5. The molecule has 92 valence electrons. The Morgan fingerprint density at radius 2 is 1.88 bits per heavy atom. The van der Waals surface area contributed by atoms with Crippen LogP contribution in [0.3, 0.4) is 0 Å². The third-order valence-corrected chi connectivity index (χ3v) is 2.09. The zero-order valence-corrected chi connectivity index (χ0v) is 9.71. The zero-order valence-electron chi connectivity index (χ0n) is 9.71. The Balaban J connectivity index is 2.99. The topological polar surface area (TPSA) is 59.0 Å². The molecule has 0 spiro atoms. The lowest BCUT2D eigenvalue weighted by Gasteiger charge is -2.12. The number of benzene rings is 1. The number of halogens is 2. The fraction of sp³-hybridized carbons (Fsp3) is 0.417. The smallest absolute Gasteiger partial charge is 0.192 e. The molecule has 0 fully saturated rings. The molecule has 3 nitrogen and oxygen atoms in total. The van der Waals surface area contributed by atoms with Gasteiger partial charge in [-0.05, 0) is 38.0 Å². The molecule has 2 atom stereocenters. The summed E-state index contributed by atoms with van der Waals surface area (Å²) in [7, 11) is 0. The van der Waals surface area contributed by atoms with Gasteiger partial charge in [0.05, 0.1) is 0 Å². The number of nitrogens with two attached hydrogens (primary N) is 1. The van der Waals surface area contributed by atoms with E-state index in [0.717, 1.165) is 0 Å². The van der Waals surface area contributed by atoms with Crippen LogP contribution in [0.1, 0.15) is 19.4 Å². The van der Waals surface area contributed by atoms with Crippen LogP contribution in [-0.4, -0.2) is 12.1 Å². The Morgan fingerprint density at radius 1 is 1.35 bits per heavy atom. The quantitative estimate of drug-likeness (QED) is 0.877. The summed E-state index contributed by atoms with van der Waals surface area (Å²) in [5.41, 5.74) is 6.01. The third kappa shape index (κ3) is 3.68. The SMILES string of the molecule is CC(N)Cc1cc(F)c(OC(C)C#N)c(F)c1. The fourth-order valence-corrected chi connectivity index (χ4v) is 1.42. The number of ether oxygens (including phenoxy) is 1. The molecule has 0 aliphatic rings. The van der Waals surface area contributed by atoms with Crippen molar-refractivity contribution in [2.75, 3.05) is 0 Å². The molecule has 0 heterocycles. The summed E-state index contributed by atoms with van der Waals surface area (Å²) in [5.74, 6) is -2.15. The van der Waals surface area contributed by atoms with Gasteiger partial charge in [0.25, 0.3) is 0 Å². The fourth-order valence-electron chi connectivity index (χ4n) is 1.42. The first-order valence-corrected chi connectivity index (χ1v) is 5.23. The van der Waals surface area contributed by atoms with Crippen LogP contribution in [0, 0.1) is 23.0 Å². The zero-order chi connectivity index (χ0) is 13.0. The van der Waals surface area contributed by atoms with E-state index in [4.69, 9.17) is 15.7 Å². The molecule has 0 aromatic heterocycles. The molecule has 0 amide bonds. The van der Waals surface area contributed by atoms with Crippen molar-refractivity contribution in [3.8, 4) is 11.8 Å². The first-order chi connectivity index (χ1) is 7.93. The van der Waals surface area contributed by atoms with E-state index >= 15 is 0 Å². The van der Waals surface area contributed by atoms with Gasteiger partial charge in [0, 0.05) is 6.04 Å². The Bertz CT molecular complexity index is 418. The van der Waals surface area contributed by atoms with E-state index in [1.54, 1.807) is 13.0 Å². The van der Waals surface area contributed by atoms with Crippen LogP contribution in [0.4, 0.5) is 8.78 Å². The van der Waals surface area contributed by atoms with Crippen molar-refractivity contribution in [1.29, 1.82) is 5.26 Å². The molecule has 2 N–H and O–H groups in total. The van der Waals surface area contributed by atoms with Crippen molar-refractivity contribution in [2.24, 2.45) is 5.73 Å². The van der Waals surface area contributed by atoms with Gasteiger partial charge in [-0.1, -0.05) is 0 Å². The highest BCUT2D eigenvalue weighted by Crippen LogP contribution is 2.24. The lowest BCUT2D eigenvalue weighted by molar-refractivity contribution is 0.249. The van der Waals surface area contributed by atoms with Gasteiger partial charge >= 0.3 is 0 Å². The minimum absolute atomic E-state index is 0.182. The molecular formula is C12H14F2N2O. The van der Waals surface area contributed by atoms with Gasteiger partial charge in [-0.15, -0.1) is 0 Å². The highest BCUT2D eigenvalue weighted by atomic mass is 19.1. The largest absolute Gasteiger partial charge is 0.470 e. The molecule has 2 unspecified atom stereocenters. The van der Waals surface area contributed by atoms with E-state index in [0.29, 0.717) is 12.0 Å². The predicted molar refractivity (Wildman–Crippen MR) is 59.4 cm³/mol. The summed E-state index contributed by atoms with van der Waals surface area (Å²) in [6, 6.07) is 3.90. The van der Waals surface area contributed by atoms with Crippen LogP contribution >= 0.6 is 0 Å². The van der Waals surface area contributed by atoms with E-state index in [2.05, 4.69) is 0 Å². The molecule has 0 bridgehead atoms. The summed E-state index contributed by atoms with van der Waals surface area (Å²) in [6.45, 7) is 3.16. The second kappa shape index (κ2) is 5.60. The monoisotopic (exact) mass is 240 g/mol. The van der Waals surface area contributed by atoms with Gasteiger partial charge in [-0.2, -0.15) is 5.26 Å². The van der Waals surface area contributed by atoms with E-state index in [-0.39, 0.29) is 6.04 Å². The lowest BCUT2D eigenvalue weighted by Crippen LogP contribution is -2.18. The van der Waals surface area contributed by atoms with E-state index in [9.17, 15) is 8.78 Å². The Labute approximate surface area is 98.8 Å². The second-order valence-electron chi connectivity index (χ2n) is 3.96. The van der Waals surface area contributed by atoms with Crippen molar-refractivity contribution < 1.29 is 13.5 Å². The van der Waals surface area contributed by atoms with Crippen molar-refractivity contribution in [2.45, 2.75) is 32.4 Å². The summed E-state index contributed by atoms with van der Waals surface area (Å²) in [5, 5.41) is 8.51. The molecule has 0 aliphatic heterocycles. The van der Waals surface area contributed by atoms with Crippen LogP contribution in [0.2, 0.25) is 0 Å². The highest BCUT2D eigenvalue weighted by Gasteiger charge is 2.15. The number of rotatable bonds is 4.